The number of nitrogens with zero attached hydrogens (tertiary/aromatic N) is 1. The lowest BCUT2D eigenvalue weighted by atomic mass is 9.94. The highest BCUT2D eigenvalue weighted by molar-refractivity contribution is 7.60. The molecule has 29 heavy (non-hydrogen) atoms. The minimum atomic E-state index is -4.48. The predicted octanol–water partition coefficient (Wildman–Crippen LogP) is 3.25. The molecular formula is C22H26NO5P. The molecule has 0 saturated heterocycles. The number of amides is 1. The van der Waals surface area contributed by atoms with Crippen LogP contribution in [-0.4, -0.2) is 33.7 Å². The highest BCUT2D eigenvalue weighted by Gasteiger charge is 2.24. The molecule has 6 nitrogen and oxygen atoms in total. The van der Waals surface area contributed by atoms with Crippen LogP contribution < -0.4 is 10.0 Å². The average molecular weight is 415 g/mol. The Morgan fingerprint density at radius 2 is 1.79 bits per heavy atom. The molecule has 1 aliphatic rings. The first-order chi connectivity index (χ1) is 13.9. The van der Waals surface area contributed by atoms with Crippen LogP contribution in [0.2, 0.25) is 0 Å². The topological polar surface area (TPSA) is 87.1 Å². The van der Waals surface area contributed by atoms with Crippen LogP contribution in [0.4, 0.5) is 0 Å². The first-order valence-corrected chi connectivity index (χ1v) is 11.3. The van der Waals surface area contributed by atoms with Crippen molar-refractivity contribution >= 4 is 18.8 Å². The van der Waals surface area contributed by atoms with Gasteiger partial charge >= 0.3 is 7.60 Å². The van der Waals surface area contributed by atoms with Gasteiger partial charge in [-0.1, -0.05) is 54.6 Å². The second-order valence-electron chi connectivity index (χ2n) is 7.21. The third-order valence-electron chi connectivity index (χ3n) is 4.96. The van der Waals surface area contributed by atoms with E-state index in [2.05, 4.69) is 12.2 Å². The minimum Gasteiger partial charge on any atom is -0.483 e. The molecule has 2 aromatic carbocycles. The van der Waals surface area contributed by atoms with Gasteiger partial charge in [0.25, 0.3) is 5.91 Å². The number of carbonyl (C=O) groups is 1. The summed E-state index contributed by atoms with van der Waals surface area (Å²) in [4.78, 5) is 33.7. The largest absolute Gasteiger partial charge is 0.483 e. The molecule has 7 heteroatoms. The van der Waals surface area contributed by atoms with Crippen LogP contribution in [0, 0.1) is 5.92 Å². The number of para-hydroxylation sites is 1. The van der Waals surface area contributed by atoms with E-state index >= 15 is 0 Å². The monoisotopic (exact) mass is 415 g/mol. The van der Waals surface area contributed by atoms with E-state index < -0.39 is 7.60 Å². The van der Waals surface area contributed by atoms with Crippen LogP contribution in [-0.2, 0) is 15.9 Å². The van der Waals surface area contributed by atoms with Gasteiger partial charge in [-0.05, 0) is 42.9 Å². The van der Waals surface area contributed by atoms with Gasteiger partial charge in [-0.15, -0.1) is 0 Å². The second-order valence-corrected chi connectivity index (χ2v) is 8.78. The van der Waals surface area contributed by atoms with E-state index in [9.17, 15) is 19.1 Å². The first-order valence-electron chi connectivity index (χ1n) is 9.68. The van der Waals surface area contributed by atoms with Crippen LogP contribution in [0.5, 0.6) is 5.75 Å². The molecule has 0 fully saturated rings. The molecule has 0 aliphatic heterocycles. The second kappa shape index (κ2) is 9.88. The molecule has 0 aromatic heterocycles. The van der Waals surface area contributed by atoms with Gasteiger partial charge in [0, 0.05) is 13.1 Å². The molecule has 154 valence electrons. The fraction of sp³-hybridized carbons (Fsp3) is 0.318. The summed E-state index contributed by atoms with van der Waals surface area (Å²) in [6, 6.07) is 15.7. The van der Waals surface area contributed by atoms with E-state index in [1.54, 1.807) is 11.0 Å². The third kappa shape index (κ3) is 6.29. The smallest absolute Gasteiger partial charge is 0.359 e. The Morgan fingerprint density at radius 1 is 1.07 bits per heavy atom. The molecule has 1 atom stereocenters. The van der Waals surface area contributed by atoms with Crippen molar-refractivity contribution in [3.63, 3.8) is 0 Å². The van der Waals surface area contributed by atoms with Crippen LogP contribution in [0.3, 0.4) is 0 Å². The highest BCUT2D eigenvalue weighted by Crippen LogP contribution is 2.37. The maximum absolute atomic E-state index is 12.9. The molecule has 0 heterocycles. The van der Waals surface area contributed by atoms with Gasteiger partial charge in [0.1, 0.15) is 11.1 Å². The lowest BCUT2D eigenvalue weighted by molar-refractivity contribution is -0.134. The zero-order chi connectivity index (χ0) is 20.7. The van der Waals surface area contributed by atoms with Crippen molar-refractivity contribution in [2.45, 2.75) is 25.8 Å². The summed E-state index contributed by atoms with van der Waals surface area (Å²) in [6.07, 6.45) is 7.33. The van der Waals surface area contributed by atoms with Gasteiger partial charge < -0.3 is 19.4 Å². The number of allylic oxidation sites excluding steroid dienone is 2. The van der Waals surface area contributed by atoms with Gasteiger partial charge in [-0.3, -0.25) is 9.36 Å². The SMILES string of the molecule is O=C(COc1ccccc1P(=O)(O)O)N(Cc1ccccc1)C[C@H]1CC=CCC1. The minimum absolute atomic E-state index is 0.0365. The van der Waals surface area contributed by atoms with Crippen molar-refractivity contribution in [1.29, 1.82) is 0 Å². The van der Waals surface area contributed by atoms with Crippen molar-refractivity contribution < 1.29 is 23.9 Å². The molecule has 2 N–H and O–H groups in total. The number of benzene rings is 2. The molecule has 0 spiro atoms. The molecule has 0 radical (unpaired) electrons. The van der Waals surface area contributed by atoms with Crippen LogP contribution in [0.15, 0.2) is 66.7 Å². The summed E-state index contributed by atoms with van der Waals surface area (Å²) in [5.41, 5.74) is 1.03. The summed E-state index contributed by atoms with van der Waals surface area (Å²) in [5, 5.41) is -0.208. The van der Waals surface area contributed by atoms with Gasteiger partial charge in [0.15, 0.2) is 6.61 Å². The third-order valence-corrected chi connectivity index (χ3v) is 5.95. The molecule has 3 rings (SSSR count). The molecular weight excluding hydrogens is 389 g/mol. The Morgan fingerprint density at radius 3 is 2.48 bits per heavy atom. The van der Waals surface area contributed by atoms with Crippen molar-refractivity contribution in [3.8, 4) is 5.75 Å². The first kappa shape index (κ1) is 21.3. The summed E-state index contributed by atoms with van der Waals surface area (Å²) in [5.74, 6) is 0.230. The Hall–Kier alpha value is -2.40. The number of rotatable bonds is 8. The number of hydrogen-bond acceptors (Lipinski definition) is 3. The lowest BCUT2D eigenvalue weighted by Gasteiger charge is -2.28. The average Bonchev–Trinajstić information content (AvgIpc) is 2.72. The fourth-order valence-corrected chi connectivity index (χ4v) is 4.15. The molecule has 1 amide bonds. The molecule has 0 unspecified atom stereocenters. The van der Waals surface area contributed by atoms with E-state index in [0.29, 0.717) is 19.0 Å². The van der Waals surface area contributed by atoms with Gasteiger partial charge in [-0.25, -0.2) is 0 Å². The Labute approximate surface area is 171 Å². The zero-order valence-corrected chi connectivity index (χ0v) is 17.1. The summed E-state index contributed by atoms with van der Waals surface area (Å²) in [7, 11) is -4.48. The maximum Gasteiger partial charge on any atom is 0.359 e. The number of hydrogen-bond donors (Lipinski definition) is 2. The highest BCUT2D eigenvalue weighted by atomic mass is 31.2. The maximum atomic E-state index is 12.9. The summed E-state index contributed by atoms with van der Waals surface area (Å²) < 4.78 is 17.2. The number of carbonyl (C=O) groups excluding carboxylic acids is 1. The summed E-state index contributed by atoms with van der Waals surface area (Å²) in [6.45, 7) is 0.831. The predicted molar refractivity (Wildman–Crippen MR) is 112 cm³/mol. The normalized spacial score (nSPS) is 16.4. The Bertz CT molecular complexity index is 893. The standard InChI is InChI=1S/C22H26NO5P/c24-22(17-28-20-13-7-8-14-21(20)29(25,26)27)23(15-18-9-3-1-4-10-18)16-19-11-5-2-6-12-19/h1-5,7-10,13-14,19H,6,11-12,15-17H2,(H2,25,26,27)/t19-/m0/s1. The van der Waals surface area contributed by atoms with Crippen molar-refractivity contribution in [2.24, 2.45) is 5.92 Å². The zero-order valence-electron chi connectivity index (χ0n) is 16.2. The van der Waals surface area contributed by atoms with E-state index in [1.807, 2.05) is 30.3 Å². The van der Waals surface area contributed by atoms with Crippen molar-refractivity contribution in [3.05, 3.63) is 72.3 Å². The van der Waals surface area contributed by atoms with Gasteiger partial charge in [-0.2, -0.15) is 0 Å². The molecule has 1 aliphatic carbocycles. The molecule has 0 bridgehead atoms. The van der Waals surface area contributed by atoms with E-state index in [-0.39, 0.29) is 23.6 Å². The molecule has 2 aromatic rings. The Balaban J connectivity index is 1.71. The quantitative estimate of drug-likeness (QED) is 0.511. The lowest BCUT2D eigenvalue weighted by Crippen LogP contribution is -2.38. The van der Waals surface area contributed by atoms with Crippen LogP contribution in [0.25, 0.3) is 0 Å². The van der Waals surface area contributed by atoms with Crippen LogP contribution in [0.1, 0.15) is 24.8 Å². The Kier molecular flexibility index (Phi) is 7.26. The van der Waals surface area contributed by atoms with Crippen molar-refractivity contribution in [2.75, 3.05) is 13.2 Å². The summed E-state index contributed by atoms with van der Waals surface area (Å²) >= 11 is 0. The fourth-order valence-electron chi connectivity index (χ4n) is 3.44. The van der Waals surface area contributed by atoms with E-state index in [1.165, 1.54) is 18.2 Å². The van der Waals surface area contributed by atoms with Gasteiger partial charge in [0.05, 0.1) is 0 Å². The van der Waals surface area contributed by atoms with Crippen molar-refractivity contribution in [1.82, 2.24) is 4.90 Å². The van der Waals surface area contributed by atoms with E-state index in [4.69, 9.17) is 4.74 Å². The van der Waals surface area contributed by atoms with Crippen LogP contribution >= 0.6 is 7.60 Å². The molecule has 0 saturated carbocycles. The van der Waals surface area contributed by atoms with E-state index in [0.717, 1.165) is 24.8 Å². The van der Waals surface area contributed by atoms with Gasteiger partial charge in [0.2, 0.25) is 0 Å². The number of ether oxygens (including phenoxy) is 1.